The van der Waals surface area contributed by atoms with Crippen molar-refractivity contribution in [1.29, 1.82) is 0 Å². The van der Waals surface area contributed by atoms with E-state index in [1.54, 1.807) is 0 Å². The van der Waals surface area contributed by atoms with Gasteiger partial charge in [-0.2, -0.15) is 0 Å². The van der Waals surface area contributed by atoms with Crippen molar-refractivity contribution in [3.63, 3.8) is 0 Å². The van der Waals surface area contributed by atoms with E-state index in [2.05, 4.69) is 48.8 Å². The zero-order valence-electron chi connectivity index (χ0n) is 34.5. The van der Waals surface area contributed by atoms with Gasteiger partial charge in [0.05, 0.1) is 13.2 Å². The van der Waals surface area contributed by atoms with Crippen molar-refractivity contribution in [2.45, 2.75) is 199 Å². The maximum Gasteiger partial charge on any atom is 0.472 e. The molecule has 0 saturated carbocycles. The average Bonchev–Trinajstić information content (AvgIpc) is 3.16. The number of nitrogens with two attached hydrogens (primary N) is 1. The van der Waals surface area contributed by atoms with Crippen LogP contribution in [0.25, 0.3) is 0 Å². The molecule has 1 unspecified atom stereocenters. The molecule has 0 aromatic rings. The molecule has 12 heteroatoms. The zero-order valence-corrected chi connectivity index (χ0v) is 35.4. The monoisotopic (exact) mass is 800 g/mol. The van der Waals surface area contributed by atoms with E-state index in [1.165, 1.54) is 89.9 Å². The Bertz CT molecular complexity index is 1080. The molecule has 0 saturated heterocycles. The fraction of sp³-hybridized carbons (Fsp3) is 0.791. The number of hydrogen-bond donors (Lipinski definition) is 3. The van der Waals surface area contributed by atoms with Gasteiger partial charge in [0, 0.05) is 12.8 Å². The molecule has 3 atom stereocenters. The lowest BCUT2D eigenvalue weighted by Crippen LogP contribution is -2.34. The van der Waals surface area contributed by atoms with Gasteiger partial charge in [0.25, 0.3) is 0 Å². The van der Waals surface area contributed by atoms with Gasteiger partial charge < -0.3 is 25.2 Å². The van der Waals surface area contributed by atoms with E-state index >= 15 is 0 Å². The van der Waals surface area contributed by atoms with Crippen LogP contribution in [0.15, 0.2) is 36.5 Å². The number of carbonyl (C=O) groups is 3. The van der Waals surface area contributed by atoms with Crippen molar-refractivity contribution in [2.75, 3.05) is 19.8 Å². The second-order valence-electron chi connectivity index (χ2n) is 14.5. The van der Waals surface area contributed by atoms with Gasteiger partial charge in [-0.1, -0.05) is 147 Å². The van der Waals surface area contributed by atoms with Gasteiger partial charge in [0.15, 0.2) is 6.10 Å². The molecule has 0 spiro atoms. The predicted octanol–water partition coefficient (Wildman–Crippen LogP) is 11.2. The Labute approximate surface area is 333 Å². The first kappa shape index (κ1) is 52.7. The topological polar surface area (TPSA) is 172 Å². The van der Waals surface area contributed by atoms with E-state index in [9.17, 15) is 23.8 Å². The lowest BCUT2D eigenvalue weighted by atomic mass is 10.1. The highest BCUT2D eigenvalue weighted by Gasteiger charge is 2.28. The Morgan fingerprint density at radius 3 is 1.49 bits per heavy atom. The average molecular weight is 800 g/mol. The van der Waals surface area contributed by atoms with E-state index in [1.807, 2.05) is 6.08 Å². The van der Waals surface area contributed by atoms with Crippen LogP contribution in [0, 0.1) is 0 Å². The molecule has 0 aliphatic carbocycles. The zero-order chi connectivity index (χ0) is 40.7. The van der Waals surface area contributed by atoms with E-state index < -0.39 is 51.1 Å². The standard InChI is InChI=1S/C43H78NO10P/c1-3-5-7-9-11-13-15-17-19-20-21-23-24-26-28-30-32-34-41(45)51-36-39(37-52-55(49,50)53-38-40(44)43(47)48)54-42(46)35-33-31-29-27-25-22-18-16-14-12-10-8-6-4-2/h16,18,21,23,26,28,39-40H,3-15,17,19-20,22,24-25,27,29-38,44H2,1-2H3,(H,47,48)(H,49,50)/b18-16+,23-21+,28-26+/t39-,40+/m1/s1. The molecule has 0 bridgehead atoms. The molecule has 0 aromatic carbocycles. The number of unbranched alkanes of at least 4 members (excludes halogenated alkanes) is 20. The first-order chi connectivity index (χ1) is 26.6. The summed E-state index contributed by atoms with van der Waals surface area (Å²) in [4.78, 5) is 45.9. The number of phosphoric ester groups is 1. The summed E-state index contributed by atoms with van der Waals surface area (Å²) in [5, 5.41) is 8.88. The largest absolute Gasteiger partial charge is 0.480 e. The Morgan fingerprint density at radius 2 is 0.982 bits per heavy atom. The molecule has 0 rings (SSSR count). The van der Waals surface area contributed by atoms with Gasteiger partial charge in [-0.05, 0) is 64.2 Å². The van der Waals surface area contributed by atoms with Crippen LogP contribution in [0.5, 0.6) is 0 Å². The van der Waals surface area contributed by atoms with Crippen molar-refractivity contribution >= 4 is 25.7 Å². The van der Waals surface area contributed by atoms with Crippen molar-refractivity contribution < 1.29 is 47.5 Å². The molecule has 4 N–H and O–H groups in total. The summed E-state index contributed by atoms with van der Waals surface area (Å²) in [6.45, 7) is 2.74. The fourth-order valence-corrected chi connectivity index (χ4v) is 6.46. The molecule has 11 nitrogen and oxygen atoms in total. The lowest BCUT2D eigenvalue weighted by molar-refractivity contribution is -0.161. The van der Waals surface area contributed by atoms with Gasteiger partial charge in [0.1, 0.15) is 12.6 Å². The molecular weight excluding hydrogens is 721 g/mol. The third kappa shape index (κ3) is 38.4. The number of carbonyl (C=O) groups excluding carboxylic acids is 2. The summed E-state index contributed by atoms with van der Waals surface area (Å²) in [7, 11) is -4.72. The third-order valence-corrected chi connectivity index (χ3v) is 10.1. The second kappa shape index (κ2) is 38.6. The normalized spacial score (nSPS) is 14.1. The van der Waals surface area contributed by atoms with Crippen LogP contribution in [0.4, 0.5) is 0 Å². The molecule has 0 heterocycles. The van der Waals surface area contributed by atoms with Crippen LogP contribution in [0.2, 0.25) is 0 Å². The van der Waals surface area contributed by atoms with Crippen LogP contribution in [0.1, 0.15) is 187 Å². The first-order valence-corrected chi connectivity index (χ1v) is 23.0. The molecule has 0 radical (unpaired) electrons. The van der Waals surface area contributed by atoms with E-state index in [0.717, 1.165) is 51.4 Å². The van der Waals surface area contributed by atoms with Crippen molar-refractivity contribution in [2.24, 2.45) is 5.73 Å². The van der Waals surface area contributed by atoms with Crippen LogP contribution in [-0.4, -0.2) is 59.9 Å². The molecule has 0 amide bonds. The second-order valence-corrected chi connectivity index (χ2v) is 15.9. The smallest absolute Gasteiger partial charge is 0.472 e. The lowest BCUT2D eigenvalue weighted by Gasteiger charge is -2.20. The number of ether oxygens (including phenoxy) is 2. The van der Waals surface area contributed by atoms with E-state index in [4.69, 9.17) is 24.8 Å². The SMILES string of the molecule is CCCCCCC/C=C/CCCCCCCC(=O)O[C@H](COC(=O)CCC/C=C/C/C=C/CCCCCCCCCCC)COP(=O)(O)OC[C@H](N)C(=O)O. The van der Waals surface area contributed by atoms with Crippen molar-refractivity contribution in [3.8, 4) is 0 Å². The van der Waals surface area contributed by atoms with Crippen LogP contribution >= 0.6 is 7.82 Å². The third-order valence-electron chi connectivity index (χ3n) is 9.11. The Kier molecular flexibility index (Phi) is 37.0. The van der Waals surface area contributed by atoms with Crippen molar-refractivity contribution in [1.82, 2.24) is 0 Å². The Morgan fingerprint density at radius 1 is 0.564 bits per heavy atom. The quantitative estimate of drug-likeness (QED) is 0.0233. The Balaban J connectivity index is 4.44. The number of esters is 2. The summed E-state index contributed by atoms with van der Waals surface area (Å²) >= 11 is 0. The van der Waals surface area contributed by atoms with E-state index in [0.29, 0.717) is 19.3 Å². The van der Waals surface area contributed by atoms with Crippen LogP contribution in [-0.2, 0) is 37.5 Å². The maximum absolute atomic E-state index is 12.6. The molecule has 55 heavy (non-hydrogen) atoms. The van der Waals surface area contributed by atoms with Crippen molar-refractivity contribution in [3.05, 3.63) is 36.5 Å². The Hall–Kier alpha value is -2.30. The highest BCUT2D eigenvalue weighted by molar-refractivity contribution is 7.47. The van der Waals surface area contributed by atoms with Gasteiger partial charge in [-0.25, -0.2) is 4.57 Å². The molecule has 0 aromatic heterocycles. The summed E-state index contributed by atoms with van der Waals surface area (Å²) in [6.07, 6.45) is 40.8. The minimum atomic E-state index is -4.72. The molecule has 0 fully saturated rings. The van der Waals surface area contributed by atoms with Gasteiger partial charge in [0.2, 0.25) is 0 Å². The first-order valence-electron chi connectivity index (χ1n) is 21.5. The number of hydrogen-bond acceptors (Lipinski definition) is 9. The predicted molar refractivity (Wildman–Crippen MR) is 222 cm³/mol. The molecule has 320 valence electrons. The van der Waals surface area contributed by atoms with Gasteiger partial charge in [-0.15, -0.1) is 0 Å². The maximum atomic E-state index is 12.6. The summed E-state index contributed by atoms with van der Waals surface area (Å²) in [5.74, 6) is -2.44. The number of aliphatic carboxylic acids is 1. The highest BCUT2D eigenvalue weighted by atomic mass is 31.2. The van der Waals surface area contributed by atoms with Gasteiger partial charge in [-0.3, -0.25) is 23.4 Å². The number of phosphoric acid groups is 1. The number of allylic oxidation sites excluding steroid dienone is 6. The molecule has 0 aliphatic heterocycles. The van der Waals surface area contributed by atoms with Crippen LogP contribution < -0.4 is 5.73 Å². The number of rotatable bonds is 40. The highest BCUT2D eigenvalue weighted by Crippen LogP contribution is 2.43. The number of carboxylic acid groups (broad SMARTS) is 1. The molecular formula is C43H78NO10P. The van der Waals surface area contributed by atoms with E-state index in [-0.39, 0.29) is 19.4 Å². The minimum absolute atomic E-state index is 0.143. The summed E-state index contributed by atoms with van der Waals surface area (Å²) in [5.41, 5.74) is 5.32. The van der Waals surface area contributed by atoms with Crippen LogP contribution in [0.3, 0.4) is 0 Å². The molecule has 0 aliphatic rings. The van der Waals surface area contributed by atoms with Gasteiger partial charge >= 0.3 is 25.7 Å². The summed E-state index contributed by atoms with van der Waals surface area (Å²) < 4.78 is 32.6. The number of carboxylic acids is 1. The minimum Gasteiger partial charge on any atom is -0.480 e. The fourth-order valence-electron chi connectivity index (χ4n) is 5.69. The summed E-state index contributed by atoms with van der Waals surface area (Å²) in [6, 6.07) is -1.53.